The van der Waals surface area contributed by atoms with Crippen molar-refractivity contribution in [3.05, 3.63) is 231 Å². The molecule has 9 aromatic carbocycles. The molecule has 4 heteroatoms. The van der Waals surface area contributed by atoms with Crippen molar-refractivity contribution >= 4 is 71.4 Å². The molecule has 0 radical (unpaired) electrons. The number of hydrogen-bond acceptors (Lipinski definition) is 2. The minimum absolute atomic E-state index is 0.990. The van der Waals surface area contributed by atoms with Crippen LogP contribution in [0.2, 0.25) is 0 Å². The molecule has 0 saturated heterocycles. The number of nitrogens with zero attached hydrogens (tertiary/aromatic N) is 4. The fraction of sp³-hybridized carbons (Fsp3) is 0. The van der Waals surface area contributed by atoms with Crippen molar-refractivity contribution in [1.82, 2.24) is 14.1 Å². The van der Waals surface area contributed by atoms with Crippen molar-refractivity contribution in [3.8, 4) is 33.6 Å². The van der Waals surface area contributed by atoms with E-state index in [4.69, 9.17) is 0 Å². The van der Waals surface area contributed by atoms with Crippen molar-refractivity contribution in [1.29, 1.82) is 0 Å². The third-order valence-corrected chi connectivity index (χ3v) is 12.1. The molecular formula is C57H38N4. The van der Waals surface area contributed by atoms with Crippen LogP contribution in [0.15, 0.2) is 231 Å². The number of fused-ring (bicyclic) bond motifs is 7. The van der Waals surface area contributed by atoms with Crippen LogP contribution in [-0.4, -0.2) is 14.1 Å². The molecule has 3 heterocycles. The molecule has 0 unspecified atom stereocenters. The van der Waals surface area contributed by atoms with E-state index in [-0.39, 0.29) is 0 Å². The molecule has 0 fully saturated rings. The van der Waals surface area contributed by atoms with Crippen molar-refractivity contribution < 1.29 is 0 Å². The normalized spacial score (nSPS) is 11.6. The summed E-state index contributed by atoms with van der Waals surface area (Å²) in [5.74, 6) is 0. The minimum atomic E-state index is 0.990. The molecule has 0 aliphatic rings. The van der Waals surface area contributed by atoms with E-state index < -0.39 is 0 Å². The van der Waals surface area contributed by atoms with Gasteiger partial charge >= 0.3 is 0 Å². The lowest BCUT2D eigenvalue weighted by Gasteiger charge is -2.27. The second-order valence-electron chi connectivity index (χ2n) is 15.7. The lowest BCUT2D eigenvalue weighted by Crippen LogP contribution is -2.10. The highest BCUT2D eigenvalue weighted by Gasteiger charge is 2.19. The van der Waals surface area contributed by atoms with Gasteiger partial charge in [0.05, 0.1) is 34.0 Å². The molecule has 0 atom stereocenters. The van der Waals surface area contributed by atoms with Gasteiger partial charge in [-0.25, -0.2) is 0 Å². The fourth-order valence-electron chi connectivity index (χ4n) is 9.33. The summed E-state index contributed by atoms with van der Waals surface area (Å²) in [5, 5.41) is 7.36. The van der Waals surface area contributed by atoms with Crippen molar-refractivity contribution in [3.63, 3.8) is 0 Å². The Bertz CT molecular complexity index is 3530. The van der Waals surface area contributed by atoms with Crippen LogP contribution < -0.4 is 4.90 Å². The second-order valence-corrected chi connectivity index (χ2v) is 15.7. The molecule has 286 valence electrons. The van der Waals surface area contributed by atoms with Crippen LogP contribution in [0.5, 0.6) is 0 Å². The molecular weight excluding hydrogens is 741 g/mol. The van der Waals surface area contributed by atoms with Crippen molar-refractivity contribution in [2.24, 2.45) is 0 Å². The average Bonchev–Trinajstić information content (AvgIpc) is 3.85. The number of para-hydroxylation sites is 4. The average molecular weight is 779 g/mol. The van der Waals surface area contributed by atoms with Gasteiger partial charge in [-0.1, -0.05) is 121 Å². The maximum atomic E-state index is 4.60. The fourth-order valence-corrected chi connectivity index (χ4v) is 9.33. The lowest BCUT2D eigenvalue weighted by molar-refractivity contribution is 1.18. The first kappa shape index (κ1) is 34.8. The predicted molar refractivity (Wildman–Crippen MR) is 256 cm³/mol. The number of anilines is 3. The Morgan fingerprint density at radius 1 is 0.311 bits per heavy atom. The highest BCUT2D eigenvalue weighted by Crippen LogP contribution is 2.42. The van der Waals surface area contributed by atoms with Gasteiger partial charge < -0.3 is 14.0 Å². The van der Waals surface area contributed by atoms with Crippen LogP contribution in [0.4, 0.5) is 17.1 Å². The third kappa shape index (κ3) is 5.88. The molecule has 4 nitrogen and oxygen atoms in total. The molecule has 12 aromatic rings. The zero-order valence-corrected chi connectivity index (χ0v) is 33.2. The first-order valence-electron chi connectivity index (χ1n) is 20.8. The molecule has 61 heavy (non-hydrogen) atoms. The van der Waals surface area contributed by atoms with E-state index in [0.29, 0.717) is 0 Å². The first-order chi connectivity index (χ1) is 30.2. The molecule has 0 saturated carbocycles. The van der Waals surface area contributed by atoms with Gasteiger partial charge in [0, 0.05) is 50.5 Å². The SMILES string of the molecule is c1ccc(-n2c3ccccc3c3cc(-c4cc(-c5ccc(-n6c7ccccc7c7ccccc76)cc5)cc(N(c5cccnc5)c5ccc6ccccc6c5)c4)ccc32)cc1. The molecule has 0 aliphatic carbocycles. The van der Waals surface area contributed by atoms with Gasteiger partial charge in [-0.15, -0.1) is 0 Å². The zero-order valence-electron chi connectivity index (χ0n) is 33.2. The quantitative estimate of drug-likeness (QED) is 0.161. The summed E-state index contributed by atoms with van der Waals surface area (Å²) in [6.07, 6.45) is 3.79. The maximum absolute atomic E-state index is 4.60. The van der Waals surface area contributed by atoms with Crippen LogP contribution >= 0.6 is 0 Å². The van der Waals surface area contributed by atoms with Crippen molar-refractivity contribution in [2.45, 2.75) is 0 Å². The summed E-state index contributed by atoms with van der Waals surface area (Å²) >= 11 is 0. The standard InChI is InChI=1S/C57H38N4/c1-2-15-45(16-3-1)60-56-23-11-8-20-52(56)53-37-42(27-31-57(53)60)44-33-43(40-24-28-46(29-25-40)61-54-21-9-6-18-50(54)51-19-7-10-22-55(51)61)35-49(36-44)59(48-17-12-32-58-38-48)47-30-26-39-13-4-5-14-41(39)34-47/h1-38H. The number of rotatable bonds is 7. The molecule has 0 N–H and O–H groups in total. The third-order valence-electron chi connectivity index (χ3n) is 12.1. The summed E-state index contributed by atoms with van der Waals surface area (Å²) in [6, 6.07) is 79.1. The molecule has 0 aliphatic heterocycles. The van der Waals surface area contributed by atoms with Crippen LogP contribution in [0.1, 0.15) is 0 Å². The van der Waals surface area contributed by atoms with Gasteiger partial charge in [-0.3, -0.25) is 4.98 Å². The van der Waals surface area contributed by atoms with Gasteiger partial charge in [0.25, 0.3) is 0 Å². The Kier molecular flexibility index (Phi) is 8.13. The van der Waals surface area contributed by atoms with Crippen LogP contribution in [0.25, 0.3) is 88.0 Å². The van der Waals surface area contributed by atoms with Gasteiger partial charge in [-0.05, 0) is 130 Å². The van der Waals surface area contributed by atoms with Crippen LogP contribution in [0, 0.1) is 0 Å². The number of hydrogen-bond donors (Lipinski definition) is 0. The van der Waals surface area contributed by atoms with Crippen LogP contribution in [0.3, 0.4) is 0 Å². The Balaban J connectivity index is 1.06. The van der Waals surface area contributed by atoms with Gasteiger partial charge in [0.2, 0.25) is 0 Å². The number of pyridine rings is 1. The van der Waals surface area contributed by atoms with Gasteiger partial charge in [0.1, 0.15) is 0 Å². The highest BCUT2D eigenvalue weighted by atomic mass is 15.1. The summed E-state index contributed by atoms with van der Waals surface area (Å²) in [7, 11) is 0. The topological polar surface area (TPSA) is 26.0 Å². The Morgan fingerprint density at radius 3 is 1.54 bits per heavy atom. The lowest BCUT2D eigenvalue weighted by atomic mass is 9.96. The summed E-state index contributed by atoms with van der Waals surface area (Å²) < 4.78 is 4.75. The van der Waals surface area contributed by atoms with Crippen molar-refractivity contribution in [2.75, 3.05) is 4.90 Å². The number of benzene rings is 9. The van der Waals surface area contributed by atoms with E-state index in [9.17, 15) is 0 Å². The van der Waals surface area contributed by atoms with Gasteiger partial charge in [-0.2, -0.15) is 0 Å². The molecule has 0 spiro atoms. The monoisotopic (exact) mass is 778 g/mol. The molecule has 0 bridgehead atoms. The summed E-state index contributed by atoms with van der Waals surface area (Å²) in [4.78, 5) is 6.93. The molecule has 0 amide bonds. The maximum Gasteiger partial charge on any atom is 0.0644 e. The highest BCUT2D eigenvalue weighted by molar-refractivity contribution is 6.11. The molecule has 12 rings (SSSR count). The second kappa shape index (κ2) is 14.3. The van der Waals surface area contributed by atoms with E-state index in [1.54, 1.807) is 0 Å². The predicted octanol–water partition coefficient (Wildman–Crippen LogP) is 15.2. The zero-order chi connectivity index (χ0) is 40.3. The smallest absolute Gasteiger partial charge is 0.0644 e. The van der Waals surface area contributed by atoms with Gasteiger partial charge in [0.15, 0.2) is 0 Å². The number of aromatic nitrogens is 3. The van der Waals surface area contributed by atoms with E-state index >= 15 is 0 Å². The largest absolute Gasteiger partial charge is 0.309 e. The van der Waals surface area contributed by atoms with E-state index in [1.165, 1.54) is 54.4 Å². The Hall–Kier alpha value is -8.21. The van der Waals surface area contributed by atoms with Crippen LogP contribution in [-0.2, 0) is 0 Å². The molecule has 3 aromatic heterocycles. The van der Waals surface area contributed by atoms with E-state index in [1.807, 2.05) is 18.5 Å². The Morgan fingerprint density at radius 2 is 0.869 bits per heavy atom. The van der Waals surface area contributed by atoms with E-state index in [2.05, 4.69) is 231 Å². The Labute approximate surface area is 353 Å². The minimum Gasteiger partial charge on any atom is -0.309 e. The van der Waals surface area contributed by atoms with E-state index in [0.717, 1.165) is 50.7 Å². The first-order valence-corrected chi connectivity index (χ1v) is 20.8. The summed E-state index contributed by atoms with van der Waals surface area (Å²) in [6.45, 7) is 0. The summed E-state index contributed by atoms with van der Waals surface area (Å²) in [5.41, 5.74) is 14.7.